The number of fused-ring (bicyclic) bond motifs is 1. The first-order valence-electron chi connectivity index (χ1n) is 14.1. The molecule has 9 nitrogen and oxygen atoms in total. The zero-order valence-corrected chi connectivity index (χ0v) is 22.4. The Hall–Kier alpha value is -2.91. The highest BCUT2D eigenvalue weighted by atomic mass is 16.5. The molecule has 0 bridgehead atoms. The number of hydrogen-bond donors (Lipinski definition) is 1. The molecule has 1 N–H and O–H groups in total. The fraction of sp³-hybridized carbons (Fsp3) is 0.621. The summed E-state index contributed by atoms with van der Waals surface area (Å²) in [6.07, 6.45) is 7.11. The van der Waals surface area contributed by atoms with Gasteiger partial charge in [-0.25, -0.2) is 0 Å². The molecule has 2 aromatic rings. The SMILES string of the molecule is Cc1ccccc1OC1CCN(C(=O)Cn2nc(C(=O)N3CCC(OCCO)CC3)c3c2CCCC3)CC1. The van der Waals surface area contributed by atoms with Gasteiger partial charge in [-0.15, -0.1) is 0 Å². The van der Waals surface area contributed by atoms with Crippen molar-refractivity contribution < 1.29 is 24.2 Å². The lowest BCUT2D eigenvalue weighted by Gasteiger charge is -2.32. The quantitative estimate of drug-likeness (QED) is 0.571. The summed E-state index contributed by atoms with van der Waals surface area (Å²) >= 11 is 0. The van der Waals surface area contributed by atoms with Crippen LogP contribution in [0.2, 0.25) is 0 Å². The molecule has 1 aromatic carbocycles. The molecule has 9 heteroatoms. The number of nitrogens with zero attached hydrogens (tertiary/aromatic N) is 4. The molecule has 0 saturated carbocycles. The van der Waals surface area contributed by atoms with Gasteiger partial charge in [0, 0.05) is 50.3 Å². The van der Waals surface area contributed by atoms with E-state index in [-0.39, 0.29) is 37.2 Å². The van der Waals surface area contributed by atoms with Gasteiger partial charge in [0.15, 0.2) is 5.69 Å². The van der Waals surface area contributed by atoms with E-state index in [9.17, 15) is 9.59 Å². The van der Waals surface area contributed by atoms with Crippen LogP contribution in [0.5, 0.6) is 5.75 Å². The van der Waals surface area contributed by atoms with Crippen molar-refractivity contribution >= 4 is 11.8 Å². The summed E-state index contributed by atoms with van der Waals surface area (Å²) in [5, 5.41) is 13.7. The molecule has 0 spiro atoms. The Morgan fingerprint density at radius 1 is 0.974 bits per heavy atom. The van der Waals surface area contributed by atoms with E-state index < -0.39 is 0 Å². The number of aromatic nitrogens is 2. The van der Waals surface area contributed by atoms with Crippen LogP contribution in [0.1, 0.15) is 65.8 Å². The monoisotopic (exact) mass is 524 g/mol. The van der Waals surface area contributed by atoms with Gasteiger partial charge in [-0.2, -0.15) is 5.10 Å². The van der Waals surface area contributed by atoms with Crippen LogP contribution >= 0.6 is 0 Å². The molecule has 2 fully saturated rings. The van der Waals surface area contributed by atoms with E-state index in [0.717, 1.165) is 73.9 Å². The first-order chi connectivity index (χ1) is 18.5. The third kappa shape index (κ3) is 6.04. The van der Waals surface area contributed by atoms with Gasteiger partial charge in [-0.05, 0) is 57.1 Å². The van der Waals surface area contributed by atoms with Crippen LogP contribution in [-0.4, -0.2) is 88.1 Å². The Labute approximate surface area is 224 Å². The van der Waals surface area contributed by atoms with E-state index in [2.05, 4.69) is 0 Å². The Morgan fingerprint density at radius 2 is 1.66 bits per heavy atom. The fourth-order valence-corrected chi connectivity index (χ4v) is 5.89. The lowest BCUT2D eigenvalue weighted by Crippen LogP contribution is -2.43. The summed E-state index contributed by atoms with van der Waals surface area (Å²) in [7, 11) is 0. The molecule has 3 heterocycles. The molecule has 38 heavy (non-hydrogen) atoms. The molecular weight excluding hydrogens is 484 g/mol. The number of carbonyl (C=O) groups is 2. The first kappa shape index (κ1) is 26.7. The molecule has 2 amide bonds. The number of benzene rings is 1. The number of amides is 2. The lowest BCUT2D eigenvalue weighted by molar-refractivity contribution is -0.133. The minimum absolute atomic E-state index is 0.0145. The average molecular weight is 525 g/mol. The number of likely N-dealkylation sites (tertiary alicyclic amines) is 2. The summed E-state index contributed by atoms with van der Waals surface area (Å²) in [5.41, 5.74) is 3.72. The van der Waals surface area contributed by atoms with E-state index in [1.54, 1.807) is 4.68 Å². The Balaban J connectivity index is 1.19. The van der Waals surface area contributed by atoms with Crippen molar-refractivity contribution in [1.82, 2.24) is 19.6 Å². The molecular formula is C29H40N4O5. The summed E-state index contributed by atoms with van der Waals surface area (Å²) in [4.78, 5) is 30.5. The van der Waals surface area contributed by atoms with Crippen LogP contribution in [-0.2, 0) is 28.9 Å². The topological polar surface area (TPSA) is 97.1 Å². The number of aryl methyl sites for hydroxylation is 1. The van der Waals surface area contributed by atoms with Gasteiger partial charge in [0.2, 0.25) is 5.91 Å². The summed E-state index contributed by atoms with van der Waals surface area (Å²) in [6, 6.07) is 8.04. The number of piperidine rings is 2. The molecule has 5 rings (SSSR count). The minimum atomic E-state index is -0.0378. The molecule has 0 unspecified atom stereocenters. The van der Waals surface area contributed by atoms with E-state index in [4.69, 9.17) is 19.7 Å². The molecule has 3 aliphatic rings. The first-order valence-corrected chi connectivity index (χ1v) is 14.1. The van der Waals surface area contributed by atoms with Crippen molar-refractivity contribution in [3.8, 4) is 5.75 Å². The zero-order chi connectivity index (χ0) is 26.5. The van der Waals surface area contributed by atoms with Gasteiger partial charge in [0.1, 0.15) is 18.4 Å². The largest absolute Gasteiger partial charge is 0.490 e. The highest BCUT2D eigenvalue weighted by Gasteiger charge is 2.32. The smallest absolute Gasteiger partial charge is 0.274 e. The normalized spacial score (nSPS) is 18.9. The highest BCUT2D eigenvalue weighted by Crippen LogP contribution is 2.27. The predicted molar refractivity (Wildman–Crippen MR) is 142 cm³/mol. The number of carbonyl (C=O) groups excluding carboxylic acids is 2. The number of rotatable bonds is 8. The van der Waals surface area contributed by atoms with Gasteiger partial charge in [0.25, 0.3) is 5.91 Å². The second-order valence-corrected chi connectivity index (χ2v) is 10.7. The Kier molecular flexibility index (Phi) is 8.64. The number of aliphatic hydroxyl groups is 1. The van der Waals surface area contributed by atoms with Gasteiger partial charge in [-0.3, -0.25) is 14.3 Å². The maximum Gasteiger partial charge on any atom is 0.274 e. The molecule has 2 saturated heterocycles. The van der Waals surface area contributed by atoms with Crippen LogP contribution in [0.15, 0.2) is 24.3 Å². The maximum atomic E-state index is 13.5. The predicted octanol–water partition coefficient (Wildman–Crippen LogP) is 2.75. The number of ether oxygens (including phenoxy) is 2. The van der Waals surface area contributed by atoms with Crippen LogP contribution in [0.25, 0.3) is 0 Å². The average Bonchev–Trinajstić information content (AvgIpc) is 3.31. The molecule has 0 atom stereocenters. The summed E-state index contributed by atoms with van der Waals surface area (Å²) in [6.45, 7) is 5.14. The second-order valence-electron chi connectivity index (χ2n) is 10.7. The van der Waals surface area contributed by atoms with Crippen LogP contribution in [0.3, 0.4) is 0 Å². The van der Waals surface area contributed by atoms with Crippen LogP contribution in [0, 0.1) is 6.92 Å². The maximum absolute atomic E-state index is 13.5. The fourth-order valence-electron chi connectivity index (χ4n) is 5.89. The van der Waals surface area contributed by atoms with E-state index in [1.165, 1.54) is 0 Å². The minimum Gasteiger partial charge on any atom is -0.490 e. The Morgan fingerprint density at radius 3 is 2.39 bits per heavy atom. The summed E-state index contributed by atoms with van der Waals surface area (Å²) in [5.74, 6) is 0.930. The van der Waals surface area contributed by atoms with Gasteiger partial charge in [-0.1, -0.05) is 18.2 Å². The van der Waals surface area contributed by atoms with Crippen molar-refractivity contribution in [2.45, 2.75) is 77.0 Å². The van der Waals surface area contributed by atoms with Crippen molar-refractivity contribution in [3.05, 3.63) is 46.8 Å². The van der Waals surface area contributed by atoms with Gasteiger partial charge in [0.05, 0.1) is 19.3 Å². The number of para-hydroxylation sites is 1. The lowest BCUT2D eigenvalue weighted by atomic mass is 9.95. The molecule has 2 aliphatic heterocycles. The summed E-state index contributed by atoms with van der Waals surface area (Å²) < 4.78 is 13.7. The van der Waals surface area contributed by atoms with E-state index >= 15 is 0 Å². The third-order valence-corrected chi connectivity index (χ3v) is 8.10. The molecule has 1 aromatic heterocycles. The van der Waals surface area contributed by atoms with Crippen LogP contribution < -0.4 is 4.74 Å². The number of hydrogen-bond acceptors (Lipinski definition) is 6. The Bertz CT molecular complexity index is 1120. The molecule has 1 aliphatic carbocycles. The molecule has 0 radical (unpaired) electrons. The zero-order valence-electron chi connectivity index (χ0n) is 22.4. The van der Waals surface area contributed by atoms with Gasteiger partial charge < -0.3 is 24.4 Å². The third-order valence-electron chi connectivity index (χ3n) is 8.10. The van der Waals surface area contributed by atoms with Crippen LogP contribution in [0.4, 0.5) is 0 Å². The van der Waals surface area contributed by atoms with Crippen molar-refractivity contribution in [1.29, 1.82) is 0 Å². The standard InChI is InChI=1S/C29H40N4O5/c1-21-6-2-5-9-26(21)38-23-12-14-31(15-13-23)27(35)20-33-25-8-4-3-7-24(25)28(30-33)29(36)32-16-10-22(11-17-32)37-19-18-34/h2,5-6,9,22-23,34H,3-4,7-8,10-20H2,1H3. The van der Waals surface area contributed by atoms with Gasteiger partial charge >= 0.3 is 0 Å². The molecule has 206 valence electrons. The van der Waals surface area contributed by atoms with Crippen molar-refractivity contribution in [2.24, 2.45) is 0 Å². The van der Waals surface area contributed by atoms with Crippen molar-refractivity contribution in [2.75, 3.05) is 39.4 Å². The van der Waals surface area contributed by atoms with E-state index in [0.29, 0.717) is 38.5 Å². The van der Waals surface area contributed by atoms with Crippen molar-refractivity contribution in [3.63, 3.8) is 0 Å². The highest BCUT2D eigenvalue weighted by molar-refractivity contribution is 5.94. The van der Waals surface area contributed by atoms with E-state index in [1.807, 2.05) is 41.0 Å². The number of aliphatic hydroxyl groups excluding tert-OH is 1. The second kappa shape index (κ2) is 12.3.